The molecule has 0 aliphatic rings. The summed E-state index contributed by atoms with van der Waals surface area (Å²) in [6.07, 6.45) is 0. The fourth-order valence-electron chi connectivity index (χ4n) is 2.04. The van der Waals surface area contributed by atoms with Crippen molar-refractivity contribution in [3.63, 3.8) is 0 Å². The van der Waals surface area contributed by atoms with Crippen LogP contribution in [0.15, 0.2) is 30.3 Å². The molecule has 0 bridgehead atoms. The van der Waals surface area contributed by atoms with E-state index in [4.69, 9.17) is 50.6 Å². The maximum atomic E-state index is 11.2. The Balaban J connectivity index is 2.16. The smallest absolute Gasteiger partial charge is 0.250 e. The lowest BCUT2D eigenvalue weighted by Gasteiger charge is -2.15. The lowest BCUT2D eigenvalue weighted by atomic mass is 10.2. The van der Waals surface area contributed by atoms with Crippen molar-refractivity contribution in [2.45, 2.75) is 0 Å². The Morgan fingerprint density at radius 1 is 1.04 bits per heavy atom. The summed E-state index contributed by atoms with van der Waals surface area (Å²) >= 11 is 17.4. The van der Waals surface area contributed by atoms with Crippen LogP contribution >= 0.6 is 35.4 Å². The number of nitrogens with one attached hydrogen (secondary N) is 2. The summed E-state index contributed by atoms with van der Waals surface area (Å²) < 4.78 is 10.4. The Kier molecular flexibility index (Phi) is 6.30. The molecular formula is C16H15Cl2N3O3S. The number of halogens is 2. The van der Waals surface area contributed by atoms with Crippen LogP contribution in [0, 0.1) is 0 Å². The van der Waals surface area contributed by atoms with Gasteiger partial charge in [-0.15, -0.1) is 0 Å². The number of primary amides is 1. The van der Waals surface area contributed by atoms with E-state index >= 15 is 0 Å². The molecule has 25 heavy (non-hydrogen) atoms. The van der Waals surface area contributed by atoms with E-state index in [2.05, 4.69) is 10.6 Å². The van der Waals surface area contributed by atoms with Crippen LogP contribution in [-0.2, 0) is 0 Å². The fraction of sp³-hybridized carbons (Fsp3) is 0.125. The average molecular weight is 400 g/mol. The van der Waals surface area contributed by atoms with Crippen LogP contribution in [0.4, 0.5) is 11.4 Å². The number of carbonyl (C=O) groups is 1. The van der Waals surface area contributed by atoms with Crippen molar-refractivity contribution in [1.29, 1.82) is 0 Å². The number of amides is 1. The van der Waals surface area contributed by atoms with E-state index in [-0.39, 0.29) is 15.7 Å². The maximum absolute atomic E-state index is 11.2. The van der Waals surface area contributed by atoms with Crippen molar-refractivity contribution in [3.8, 4) is 11.5 Å². The molecule has 1 amide bonds. The minimum atomic E-state index is -0.602. The van der Waals surface area contributed by atoms with E-state index < -0.39 is 5.91 Å². The molecule has 0 saturated carbocycles. The van der Waals surface area contributed by atoms with Crippen molar-refractivity contribution in [3.05, 3.63) is 45.9 Å². The largest absolute Gasteiger partial charge is 0.495 e. The molecule has 4 N–H and O–H groups in total. The number of methoxy groups -OCH3 is 2. The van der Waals surface area contributed by atoms with Crippen molar-refractivity contribution in [2.75, 3.05) is 24.9 Å². The van der Waals surface area contributed by atoms with Crippen LogP contribution in [-0.4, -0.2) is 25.2 Å². The second-order valence-electron chi connectivity index (χ2n) is 4.83. The van der Waals surface area contributed by atoms with Crippen molar-refractivity contribution in [2.24, 2.45) is 5.73 Å². The molecule has 0 aliphatic heterocycles. The molecule has 6 nitrogen and oxygen atoms in total. The molecule has 132 valence electrons. The first-order valence-corrected chi connectivity index (χ1v) is 8.11. The maximum Gasteiger partial charge on any atom is 0.250 e. The van der Waals surface area contributed by atoms with Crippen LogP contribution in [0.25, 0.3) is 0 Å². The molecule has 2 aromatic rings. The zero-order valence-corrected chi connectivity index (χ0v) is 15.7. The molecule has 0 saturated heterocycles. The molecule has 0 atom stereocenters. The molecule has 0 aromatic heterocycles. The van der Waals surface area contributed by atoms with Gasteiger partial charge in [0, 0.05) is 11.8 Å². The number of anilines is 2. The van der Waals surface area contributed by atoms with Gasteiger partial charge in [0.1, 0.15) is 11.5 Å². The first kappa shape index (κ1) is 19.1. The van der Waals surface area contributed by atoms with Crippen LogP contribution in [0.3, 0.4) is 0 Å². The highest BCUT2D eigenvalue weighted by Gasteiger charge is 2.12. The molecule has 2 rings (SSSR count). The quantitative estimate of drug-likeness (QED) is 0.660. The number of thiocarbonyl (C=S) groups is 1. The highest BCUT2D eigenvalue weighted by Crippen LogP contribution is 2.36. The van der Waals surface area contributed by atoms with E-state index in [9.17, 15) is 4.79 Å². The summed E-state index contributed by atoms with van der Waals surface area (Å²) in [5.74, 6) is 0.388. The number of carbonyl (C=O) groups excluding carboxylic acids is 1. The first-order valence-electron chi connectivity index (χ1n) is 6.94. The topological polar surface area (TPSA) is 85.6 Å². The van der Waals surface area contributed by atoms with E-state index in [1.165, 1.54) is 20.3 Å². The molecule has 0 spiro atoms. The summed E-state index contributed by atoms with van der Waals surface area (Å²) in [5.41, 5.74) is 6.60. The van der Waals surface area contributed by atoms with E-state index in [0.717, 1.165) is 0 Å². The number of nitrogens with two attached hydrogens (primary N) is 1. The standard InChI is InChI=1S/C16H15Cl2N3O3S/c1-23-13-7-14(24-2)12(6-11(13)18)21-16(25)20-8-3-4-9(15(19)22)10(17)5-8/h3-7H,1-2H3,(H2,19,22)(H2,20,21,25). The molecule has 0 radical (unpaired) electrons. The van der Waals surface area contributed by atoms with Crippen molar-refractivity contribution < 1.29 is 14.3 Å². The van der Waals surface area contributed by atoms with Gasteiger partial charge in [0.05, 0.1) is 35.5 Å². The van der Waals surface area contributed by atoms with Gasteiger partial charge < -0.3 is 25.8 Å². The molecule has 0 unspecified atom stereocenters. The Hall–Kier alpha value is -2.22. The number of rotatable bonds is 5. The van der Waals surface area contributed by atoms with Crippen LogP contribution in [0.5, 0.6) is 11.5 Å². The van der Waals surface area contributed by atoms with Gasteiger partial charge in [-0.2, -0.15) is 0 Å². The van der Waals surface area contributed by atoms with Gasteiger partial charge in [0.25, 0.3) is 0 Å². The Bertz CT molecular complexity index is 831. The molecule has 0 aliphatic carbocycles. The summed E-state index contributed by atoms with van der Waals surface area (Å²) in [6, 6.07) is 7.98. The predicted molar refractivity (Wildman–Crippen MR) is 104 cm³/mol. The summed E-state index contributed by atoms with van der Waals surface area (Å²) in [4.78, 5) is 11.2. The monoisotopic (exact) mass is 399 g/mol. The molecular weight excluding hydrogens is 385 g/mol. The Morgan fingerprint density at radius 2 is 1.72 bits per heavy atom. The number of ether oxygens (including phenoxy) is 2. The van der Waals surface area contributed by atoms with Gasteiger partial charge >= 0.3 is 0 Å². The van der Waals surface area contributed by atoms with Gasteiger partial charge in [-0.3, -0.25) is 4.79 Å². The predicted octanol–water partition coefficient (Wildman–Crippen LogP) is 3.92. The minimum absolute atomic E-state index is 0.227. The van der Waals surface area contributed by atoms with Crippen LogP contribution in [0.1, 0.15) is 10.4 Å². The zero-order chi connectivity index (χ0) is 18.6. The molecule has 2 aromatic carbocycles. The molecule has 0 fully saturated rings. The summed E-state index contributed by atoms with van der Waals surface area (Å²) in [6.45, 7) is 0. The third-order valence-electron chi connectivity index (χ3n) is 3.21. The summed E-state index contributed by atoms with van der Waals surface area (Å²) in [5, 5.41) is 6.84. The van der Waals surface area contributed by atoms with E-state index in [1.807, 2.05) is 0 Å². The van der Waals surface area contributed by atoms with Gasteiger partial charge in [-0.25, -0.2) is 0 Å². The van der Waals surface area contributed by atoms with Crippen LogP contribution < -0.4 is 25.8 Å². The fourth-order valence-corrected chi connectivity index (χ4v) is 2.78. The summed E-state index contributed by atoms with van der Waals surface area (Å²) in [7, 11) is 3.03. The Labute approximate surface area is 160 Å². The number of hydrogen-bond donors (Lipinski definition) is 3. The van der Waals surface area contributed by atoms with Crippen LogP contribution in [0.2, 0.25) is 10.0 Å². The van der Waals surface area contributed by atoms with Crippen molar-refractivity contribution in [1.82, 2.24) is 0 Å². The number of hydrogen-bond acceptors (Lipinski definition) is 4. The minimum Gasteiger partial charge on any atom is -0.495 e. The Morgan fingerprint density at radius 3 is 2.28 bits per heavy atom. The number of benzene rings is 2. The van der Waals surface area contributed by atoms with Crippen molar-refractivity contribution >= 4 is 57.8 Å². The van der Waals surface area contributed by atoms with E-state index in [1.54, 1.807) is 24.3 Å². The third-order valence-corrected chi connectivity index (χ3v) is 4.03. The molecule has 0 heterocycles. The zero-order valence-electron chi connectivity index (χ0n) is 13.4. The van der Waals surface area contributed by atoms with Gasteiger partial charge in [-0.1, -0.05) is 23.2 Å². The van der Waals surface area contributed by atoms with Gasteiger partial charge in [-0.05, 0) is 36.5 Å². The SMILES string of the molecule is COc1cc(OC)c(NC(=S)Nc2ccc(C(N)=O)c(Cl)c2)cc1Cl. The second kappa shape index (κ2) is 8.24. The van der Waals surface area contributed by atoms with E-state index in [0.29, 0.717) is 27.9 Å². The third kappa shape index (κ3) is 4.66. The lowest BCUT2D eigenvalue weighted by Crippen LogP contribution is -2.20. The molecule has 9 heteroatoms. The highest BCUT2D eigenvalue weighted by molar-refractivity contribution is 7.80. The average Bonchev–Trinajstić information content (AvgIpc) is 2.54. The van der Waals surface area contributed by atoms with Gasteiger partial charge in [0.15, 0.2) is 5.11 Å². The first-order chi connectivity index (χ1) is 11.8. The van der Waals surface area contributed by atoms with Gasteiger partial charge in [0.2, 0.25) is 5.91 Å². The second-order valence-corrected chi connectivity index (χ2v) is 6.05. The normalized spacial score (nSPS) is 10.1. The lowest BCUT2D eigenvalue weighted by molar-refractivity contribution is 0.100. The highest BCUT2D eigenvalue weighted by atomic mass is 35.5.